The third-order valence-corrected chi connectivity index (χ3v) is 5.05. The van der Waals surface area contributed by atoms with E-state index in [0.717, 1.165) is 16.8 Å². The Hall–Kier alpha value is -3.99. The summed E-state index contributed by atoms with van der Waals surface area (Å²) in [6.07, 6.45) is 1.70. The van der Waals surface area contributed by atoms with E-state index in [-0.39, 0.29) is 11.5 Å². The minimum absolute atomic E-state index is 0.170. The van der Waals surface area contributed by atoms with Crippen LogP contribution in [-0.2, 0) is 4.79 Å². The first-order valence-corrected chi connectivity index (χ1v) is 9.33. The second kappa shape index (κ2) is 6.56. The maximum atomic E-state index is 13.3. The number of amides is 1. The third-order valence-electron chi connectivity index (χ3n) is 5.05. The molecule has 4 aromatic rings. The van der Waals surface area contributed by atoms with Crippen molar-refractivity contribution in [1.29, 1.82) is 0 Å². The van der Waals surface area contributed by atoms with Crippen LogP contribution in [0.5, 0.6) is 0 Å². The molecule has 29 heavy (non-hydrogen) atoms. The van der Waals surface area contributed by atoms with Gasteiger partial charge in [-0.25, -0.2) is 4.98 Å². The first kappa shape index (κ1) is 17.1. The largest absolute Gasteiger partial charge is 0.321 e. The van der Waals surface area contributed by atoms with Crippen molar-refractivity contribution in [2.24, 2.45) is 0 Å². The number of hydrogen-bond donors (Lipinski definition) is 1. The molecule has 3 aromatic carbocycles. The fourth-order valence-corrected chi connectivity index (χ4v) is 3.65. The van der Waals surface area contributed by atoms with Gasteiger partial charge in [0, 0.05) is 11.3 Å². The van der Waals surface area contributed by atoms with Crippen LogP contribution >= 0.6 is 0 Å². The molecule has 140 valence electrons. The van der Waals surface area contributed by atoms with Crippen LogP contribution in [0.25, 0.3) is 28.2 Å². The average molecular weight is 379 g/mol. The summed E-state index contributed by atoms with van der Waals surface area (Å²) in [5, 5.41) is 3.42. The highest BCUT2D eigenvalue weighted by Gasteiger charge is 2.25. The average Bonchev–Trinajstić information content (AvgIpc) is 3.03. The molecule has 0 bridgehead atoms. The summed E-state index contributed by atoms with van der Waals surface area (Å²) >= 11 is 0. The SMILES string of the molecule is Cc1ccc2c(c1)/C(=C/c1nc3ccccc3c(=O)n1-c1ccccc1)C(=O)N2. The van der Waals surface area contributed by atoms with Crippen LogP contribution in [0.15, 0.2) is 77.6 Å². The molecule has 0 spiro atoms. The second-order valence-electron chi connectivity index (χ2n) is 7.02. The van der Waals surface area contributed by atoms with Crippen LogP contribution in [0.4, 0.5) is 5.69 Å². The summed E-state index contributed by atoms with van der Waals surface area (Å²) in [6, 6.07) is 22.4. The summed E-state index contributed by atoms with van der Waals surface area (Å²) in [6.45, 7) is 1.98. The number of anilines is 1. The monoisotopic (exact) mass is 379 g/mol. The molecule has 0 radical (unpaired) electrons. The number of nitrogens with zero attached hydrogens (tertiary/aromatic N) is 2. The van der Waals surface area contributed by atoms with Gasteiger partial charge in [0.15, 0.2) is 0 Å². The molecule has 1 aliphatic rings. The number of benzene rings is 3. The normalized spacial score (nSPS) is 14.2. The molecule has 1 aliphatic heterocycles. The smallest absolute Gasteiger partial charge is 0.266 e. The van der Waals surface area contributed by atoms with Crippen LogP contribution in [0.2, 0.25) is 0 Å². The van der Waals surface area contributed by atoms with Gasteiger partial charge >= 0.3 is 0 Å². The Labute approximate surface area is 167 Å². The molecular formula is C24H17N3O2. The van der Waals surface area contributed by atoms with Gasteiger partial charge in [0.25, 0.3) is 11.5 Å². The number of para-hydroxylation sites is 2. The summed E-state index contributed by atoms with van der Waals surface area (Å²) < 4.78 is 1.55. The Morgan fingerprint density at radius 3 is 2.52 bits per heavy atom. The van der Waals surface area contributed by atoms with Crippen LogP contribution in [-0.4, -0.2) is 15.5 Å². The van der Waals surface area contributed by atoms with Gasteiger partial charge in [-0.3, -0.25) is 14.2 Å². The van der Waals surface area contributed by atoms with Crippen LogP contribution < -0.4 is 10.9 Å². The van der Waals surface area contributed by atoms with Crippen LogP contribution in [0, 0.1) is 6.92 Å². The molecular weight excluding hydrogens is 362 g/mol. The van der Waals surface area contributed by atoms with Crippen molar-refractivity contribution in [2.45, 2.75) is 6.92 Å². The van der Waals surface area contributed by atoms with E-state index in [4.69, 9.17) is 4.98 Å². The topological polar surface area (TPSA) is 64.0 Å². The molecule has 0 fully saturated rings. The predicted molar refractivity (Wildman–Crippen MR) is 115 cm³/mol. The van der Waals surface area contributed by atoms with Crippen molar-refractivity contribution in [1.82, 2.24) is 9.55 Å². The van der Waals surface area contributed by atoms with E-state index < -0.39 is 0 Å². The third kappa shape index (κ3) is 2.84. The van der Waals surface area contributed by atoms with Crippen molar-refractivity contribution in [3.8, 4) is 5.69 Å². The van der Waals surface area contributed by atoms with E-state index in [1.807, 2.05) is 67.6 Å². The number of fused-ring (bicyclic) bond motifs is 2. The second-order valence-corrected chi connectivity index (χ2v) is 7.02. The molecule has 0 unspecified atom stereocenters. The molecule has 2 heterocycles. The van der Waals surface area contributed by atoms with Gasteiger partial charge < -0.3 is 5.32 Å². The maximum Gasteiger partial charge on any atom is 0.266 e. The van der Waals surface area contributed by atoms with Gasteiger partial charge in [-0.2, -0.15) is 0 Å². The summed E-state index contributed by atoms with van der Waals surface area (Å²) in [5.74, 6) is 0.215. The Balaban J connectivity index is 1.82. The van der Waals surface area contributed by atoms with Gasteiger partial charge in [-0.1, -0.05) is 42.0 Å². The van der Waals surface area contributed by atoms with Crippen molar-refractivity contribution < 1.29 is 4.79 Å². The number of carbonyl (C=O) groups is 1. The van der Waals surface area contributed by atoms with E-state index in [1.54, 1.807) is 22.8 Å². The van der Waals surface area contributed by atoms with Crippen LogP contribution in [0.3, 0.4) is 0 Å². The van der Waals surface area contributed by atoms with Crippen molar-refractivity contribution >= 4 is 34.1 Å². The summed E-state index contributed by atoms with van der Waals surface area (Å²) in [4.78, 5) is 30.7. The molecule has 0 saturated carbocycles. The molecule has 5 nitrogen and oxygen atoms in total. The summed E-state index contributed by atoms with van der Waals surface area (Å²) in [5.41, 5.74) is 4.26. The molecule has 1 N–H and O–H groups in total. The molecule has 1 amide bonds. The van der Waals surface area contributed by atoms with Crippen molar-refractivity contribution in [2.75, 3.05) is 5.32 Å². The van der Waals surface area contributed by atoms with E-state index in [0.29, 0.717) is 28.0 Å². The quantitative estimate of drug-likeness (QED) is 0.531. The highest BCUT2D eigenvalue weighted by molar-refractivity contribution is 6.34. The minimum atomic E-state index is -0.201. The molecule has 0 aliphatic carbocycles. The highest BCUT2D eigenvalue weighted by Crippen LogP contribution is 2.33. The lowest BCUT2D eigenvalue weighted by Gasteiger charge is -2.12. The van der Waals surface area contributed by atoms with E-state index in [9.17, 15) is 9.59 Å². The lowest BCUT2D eigenvalue weighted by molar-refractivity contribution is -0.110. The lowest BCUT2D eigenvalue weighted by atomic mass is 10.0. The number of aromatic nitrogens is 2. The first-order chi connectivity index (χ1) is 14.1. The highest BCUT2D eigenvalue weighted by atomic mass is 16.2. The van der Waals surface area contributed by atoms with E-state index >= 15 is 0 Å². The van der Waals surface area contributed by atoms with Crippen molar-refractivity contribution in [3.63, 3.8) is 0 Å². The summed E-state index contributed by atoms with van der Waals surface area (Å²) in [7, 11) is 0. The van der Waals surface area contributed by atoms with E-state index in [2.05, 4.69) is 5.32 Å². The molecule has 1 aromatic heterocycles. The fourth-order valence-electron chi connectivity index (χ4n) is 3.65. The van der Waals surface area contributed by atoms with Gasteiger partial charge in [-0.15, -0.1) is 0 Å². The molecule has 0 atom stereocenters. The standard InChI is InChI=1S/C24H17N3O2/c1-15-11-12-21-18(13-15)19(23(28)26-21)14-22-25-20-10-6-5-9-17(20)24(29)27(22)16-7-3-2-4-8-16/h2-14H,1H3,(H,26,28)/b19-14-. The Kier molecular flexibility index (Phi) is 3.88. The van der Waals surface area contributed by atoms with E-state index in [1.165, 1.54) is 0 Å². The fraction of sp³-hybridized carbons (Fsp3) is 0.0417. The van der Waals surface area contributed by atoms with Crippen molar-refractivity contribution in [3.05, 3.63) is 100 Å². The Morgan fingerprint density at radius 1 is 0.931 bits per heavy atom. The number of carbonyl (C=O) groups excluding carboxylic acids is 1. The number of aryl methyl sites for hydroxylation is 1. The van der Waals surface area contributed by atoms with Crippen LogP contribution in [0.1, 0.15) is 17.0 Å². The predicted octanol–water partition coefficient (Wildman–Crippen LogP) is 4.19. The van der Waals surface area contributed by atoms with Gasteiger partial charge in [0.05, 0.1) is 22.2 Å². The zero-order valence-electron chi connectivity index (χ0n) is 15.7. The lowest BCUT2D eigenvalue weighted by Crippen LogP contribution is -2.22. The number of nitrogens with one attached hydrogen (secondary N) is 1. The van der Waals surface area contributed by atoms with Gasteiger partial charge in [0.1, 0.15) is 5.82 Å². The van der Waals surface area contributed by atoms with Gasteiger partial charge in [0.2, 0.25) is 0 Å². The zero-order chi connectivity index (χ0) is 20.0. The number of hydrogen-bond acceptors (Lipinski definition) is 3. The Morgan fingerprint density at radius 2 is 1.69 bits per heavy atom. The maximum absolute atomic E-state index is 13.3. The zero-order valence-corrected chi connectivity index (χ0v) is 15.7. The first-order valence-electron chi connectivity index (χ1n) is 9.33. The van der Waals surface area contributed by atoms with Gasteiger partial charge in [-0.05, 0) is 49.4 Å². The molecule has 5 heteroatoms. The number of rotatable bonds is 2. The molecule has 5 rings (SSSR count). The minimum Gasteiger partial charge on any atom is -0.321 e. The Bertz CT molecular complexity index is 1370. The molecule has 0 saturated heterocycles.